The van der Waals surface area contributed by atoms with Gasteiger partial charge in [0.05, 0.1) is 23.1 Å². The summed E-state index contributed by atoms with van der Waals surface area (Å²) in [5.74, 6) is -0.353. The maximum absolute atomic E-state index is 14.0. The van der Waals surface area contributed by atoms with Gasteiger partial charge in [-0.2, -0.15) is 10.2 Å². The van der Waals surface area contributed by atoms with Crippen LogP contribution >= 0.6 is 11.3 Å². The summed E-state index contributed by atoms with van der Waals surface area (Å²) in [6.45, 7) is -0.109. The molecule has 5 rings (SSSR count). The van der Waals surface area contributed by atoms with Gasteiger partial charge in [0.2, 0.25) is 0 Å². The van der Waals surface area contributed by atoms with Crippen molar-refractivity contribution in [2.75, 3.05) is 5.73 Å². The van der Waals surface area contributed by atoms with Gasteiger partial charge < -0.3 is 10.3 Å². The van der Waals surface area contributed by atoms with Gasteiger partial charge in [-0.15, -0.1) is 11.3 Å². The van der Waals surface area contributed by atoms with E-state index in [1.165, 1.54) is 28.2 Å². The number of nitrogens with two attached hydrogens (primary N) is 1. The highest BCUT2D eigenvalue weighted by Gasteiger charge is 2.19. The third kappa shape index (κ3) is 2.86. The van der Waals surface area contributed by atoms with Gasteiger partial charge >= 0.3 is 0 Å². The maximum Gasteiger partial charge on any atom is 0.291 e. The highest BCUT2D eigenvalue weighted by molar-refractivity contribution is 7.19. The van der Waals surface area contributed by atoms with E-state index in [-0.39, 0.29) is 23.6 Å². The second kappa shape index (κ2) is 6.48. The number of nitrogen functional groups attached to an aromatic ring is 1. The third-order valence-electron chi connectivity index (χ3n) is 4.70. The Morgan fingerprint density at radius 3 is 2.93 bits per heavy atom. The Balaban J connectivity index is 1.59. The van der Waals surface area contributed by atoms with E-state index in [0.717, 1.165) is 20.8 Å². The van der Waals surface area contributed by atoms with Crippen LogP contribution in [-0.4, -0.2) is 34.5 Å². The molecule has 3 N–H and O–H groups in total. The van der Waals surface area contributed by atoms with E-state index < -0.39 is 5.82 Å². The van der Waals surface area contributed by atoms with Gasteiger partial charge in [0.25, 0.3) is 5.56 Å². The Bertz CT molecular complexity index is 1420. The molecule has 0 aromatic carbocycles. The topological polar surface area (TPSA) is 120 Å². The van der Waals surface area contributed by atoms with Gasteiger partial charge in [-0.1, -0.05) is 0 Å². The largest absolute Gasteiger partial charge is 0.384 e. The van der Waals surface area contributed by atoms with E-state index in [1.54, 1.807) is 24.0 Å². The number of anilines is 1. The Kier molecular flexibility index (Phi) is 3.91. The van der Waals surface area contributed by atoms with E-state index in [9.17, 15) is 9.18 Å². The van der Waals surface area contributed by atoms with Crippen LogP contribution in [0.4, 0.5) is 10.2 Å². The second-order valence-electron chi connectivity index (χ2n) is 6.60. The number of aromatic nitrogens is 7. The minimum absolute atomic E-state index is 0.0642. The monoisotopic (exact) mass is 410 g/mol. The highest BCUT2D eigenvalue weighted by Crippen LogP contribution is 2.31. The molecule has 0 aliphatic heterocycles. The number of fused-ring (bicyclic) bond motifs is 3. The average Bonchev–Trinajstić information content (AvgIpc) is 3.40. The fourth-order valence-corrected chi connectivity index (χ4v) is 4.44. The first-order valence-electron chi connectivity index (χ1n) is 8.74. The van der Waals surface area contributed by atoms with Gasteiger partial charge in [-0.05, 0) is 18.2 Å². The predicted molar refractivity (Wildman–Crippen MR) is 107 cm³/mol. The lowest BCUT2D eigenvalue weighted by Gasteiger charge is -2.06. The predicted octanol–water partition coefficient (Wildman–Crippen LogP) is 1.82. The third-order valence-corrected chi connectivity index (χ3v) is 5.78. The van der Waals surface area contributed by atoms with Gasteiger partial charge in [-0.3, -0.25) is 9.89 Å². The number of aromatic amines is 1. The molecule has 0 bridgehead atoms. The molecule has 0 saturated carbocycles. The minimum atomic E-state index is -0.537. The Labute approximate surface area is 166 Å². The molecule has 9 nitrogen and oxygen atoms in total. The van der Waals surface area contributed by atoms with Crippen molar-refractivity contribution in [1.82, 2.24) is 34.5 Å². The van der Waals surface area contributed by atoms with E-state index in [2.05, 4.69) is 25.3 Å². The molecule has 0 radical (unpaired) electrons. The molecule has 5 heterocycles. The van der Waals surface area contributed by atoms with Crippen molar-refractivity contribution in [3.63, 3.8) is 0 Å². The summed E-state index contributed by atoms with van der Waals surface area (Å²) >= 11 is 1.51. The van der Waals surface area contributed by atoms with Crippen LogP contribution in [-0.2, 0) is 20.0 Å². The molecular weight excluding hydrogens is 395 g/mol. The Hall–Kier alpha value is -3.60. The van der Waals surface area contributed by atoms with E-state index in [1.807, 2.05) is 6.07 Å². The number of halogens is 1. The minimum Gasteiger partial charge on any atom is -0.384 e. The summed E-state index contributed by atoms with van der Waals surface area (Å²) in [4.78, 5) is 21.7. The summed E-state index contributed by atoms with van der Waals surface area (Å²) < 4.78 is 17.8. The van der Waals surface area contributed by atoms with Crippen molar-refractivity contribution in [2.24, 2.45) is 7.05 Å². The first kappa shape index (κ1) is 17.5. The Morgan fingerprint density at radius 1 is 1.28 bits per heavy atom. The molecule has 0 aliphatic rings. The molecule has 5 aromatic rings. The van der Waals surface area contributed by atoms with Crippen molar-refractivity contribution in [1.29, 1.82) is 0 Å². The molecule has 11 heteroatoms. The normalized spacial score (nSPS) is 11.7. The number of aryl methyl sites for hydroxylation is 1. The quantitative estimate of drug-likeness (QED) is 0.466. The van der Waals surface area contributed by atoms with E-state index in [4.69, 9.17) is 5.73 Å². The van der Waals surface area contributed by atoms with Crippen molar-refractivity contribution in [3.8, 4) is 0 Å². The number of rotatable bonds is 4. The molecule has 0 atom stereocenters. The average molecular weight is 410 g/mol. The molecular formula is C18H15FN8OS. The summed E-state index contributed by atoms with van der Waals surface area (Å²) in [6.07, 6.45) is 3.98. The zero-order valence-electron chi connectivity index (χ0n) is 15.3. The number of pyridine rings is 1. The summed E-state index contributed by atoms with van der Waals surface area (Å²) in [7, 11) is 1.79. The van der Waals surface area contributed by atoms with Crippen LogP contribution < -0.4 is 11.3 Å². The lowest BCUT2D eigenvalue weighted by Crippen LogP contribution is -2.25. The molecule has 146 valence electrons. The Morgan fingerprint density at radius 2 is 2.14 bits per heavy atom. The molecule has 5 aromatic heterocycles. The van der Waals surface area contributed by atoms with Crippen LogP contribution in [0.3, 0.4) is 0 Å². The number of hydrogen-bond donors (Lipinski definition) is 2. The number of H-pyrrole nitrogens is 1. The molecule has 0 aliphatic carbocycles. The van der Waals surface area contributed by atoms with E-state index >= 15 is 0 Å². The summed E-state index contributed by atoms with van der Waals surface area (Å²) in [5.41, 5.74) is 7.42. The molecule has 0 fully saturated rings. The van der Waals surface area contributed by atoms with E-state index in [0.29, 0.717) is 17.6 Å². The number of nitrogens with zero attached hydrogens (tertiary/aromatic N) is 6. The van der Waals surface area contributed by atoms with Gasteiger partial charge in [-0.25, -0.2) is 19.0 Å². The van der Waals surface area contributed by atoms with Crippen LogP contribution in [0, 0.1) is 5.82 Å². The standard InChI is InChI=1S/C18H15FN8OS/c1-26-15-10(16-17(26)24-14(29-16)6-9-4-5-21-25-9)7-22-27(18(15)28)8-12-11(19)2-3-13(20)23-12/h2-5,7H,6,8H2,1H3,(H2,20,23)(H,21,25). The van der Waals surface area contributed by atoms with Crippen LogP contribution in [0.15, 0.2) is 35.4 Å². The zero-order chi connectivity index (χ0) is 20.1. The summed E-state index contributed by atoms with van der Waals surface area (Å²) in [6, 6.07) is 4.49. The van der Waals surface area contributed by atoms with Crippen LogP contribution in [0.2, 0.25) is 0 Å². The SMILES string of the molecule is Cn1c2nc(Cc3cc[nH]n3)sc2c2cnn(Cc3nc(N)ccc3F)c(=O)c21. The van der Waals surface area contributed by atoms with Crippen molar-refractivity contribution in [3.05, 3.63) is 63.2 Å². The zero-order valence-corrected chi connectivity index (χ0v) is 16.1. The van der Waals surface area contributed by atoms with Crippen molar-refractivity contribution < 1.29 is 4.39 Å². The van der Waals surface area contributed by atoms with Gasteiger partial charge in [0.15, 0.2) is 5.65 Å². The highest BCUT2D eigenvalue weighted by atomic mass is 32.1. The maximum atomic E-state index is 14.0. The first-order valence-corrected chi connectivity index (χ1v) is 9.56. The fourth-order valence-electron chi connectivity index (χ4n) is 3.32. The van der Waals surface area contributed by atoms with Gasteiger partial charge in [0, 0.05) is 25.1 Å². The number of hydrogen-bond acceptors (Lipinski definition) is 7. The second-order valence-corrected chi connectivity index (χ2v) is 7.68. The van der Waals surface area contributed by atoms with Gasteiger partial charge in [0.1, 0.15) is 27.9 Å². The molecule has 0 amide bonds. The molecule has 0 unspecified atom stereocenters. The molecule has 0 saturated heterocycles. The molecule has 29 heavy (non-hydrogen) atoms. The number of nitrogens with one attached hydrogen (secondary N) is 1. The fraction of sp³-hybridized carbons (Fsp3) is 0.167. The smallest absolute Gasteiger partial charge is 0.291 e. The number of thiazole rings is 1. The van der Waals surface area contributed by atoms with Crippen LogP contribution in [0.25, 0.3) is 21.3 Å². The van der Waals surface area contributed by atoms with Crippen molar-refractivity contribution in [2.45, 2.75) is 13.0 Å². The lowest BCUT2D eigenvalue weighted by atomic mass is 10.3. The molecule has 0 spiro atoms. The summed E-state index contributed by atoms with van der Waals surface area (Å²) in [5, 5.41) is 12.8. The first-order chi connectivity index (χ1) is 14.0. The van der Waals surface area contributed by atoms with Crippen LogP contribution in [0.5, 0.6) is 0 Å². The van der Waals surface area contributed by atoms with Crippen molar-refractivity contribution >= 4 is 38.4 Å². The van der Waals surface area contributed by atoms with Crippen LogP contribution in [0.1, 0.15) is 16.4 Å². The lowest BCUT2D eigenvalue weighted by molar-refractivity contribution is 0.560.